The van der Waals surface area contributed by atoms with Gasteiger partial charge in [0.25, 0.3) is 11.8 Å². The maximum absolute atomic E-state index is 13.7. The van der Waals surface area contributed by atoms with Crippen molar-refractivity contribution in [2.45, 2.75) is 43.6 Å². The van der Waals surface area contributed by atoms with Crippen molar-refractivity contribution in [3.8, 4) is 5.75 Å². The summed E-state index contributed by atoms with van der Waals surface area (Å²) in [5, 5.41) is 2.92. The molecule has 0 bridgehead atoms. The van der Waals surface area contributed by atoms with E-state index in [1.165, 1.54) is 29.2 Å². The number of nitrogens with zero attached hydrogens (tertiary/aromatic N) is 2. The number of hydrogen-bond acceptors (Lipinski definition) is 6. The van der Waals surface area contributed by atoms with Gasteiger partial charge >= 0.3 is 0 Å². The van der Waals surface area contributed by atoms with E-state index in [4.69, 9.17) is 14.2 Å². The number of carbonyl (C=O) groups excluding carboxylic acids is 3. The van der Waals surface area contributed by atoms with Crippen molar-refractivity contribution in [1.29, 1.82) is 0 Å². The number of likely N-dealkylation sites (tertiary alicyclic amines) is 1. The Hall–Kier alpha value is -3.50. The van der Waals surface area contributed by atoms with Gasteiger partial charge in [0.1, 0.15) is 23.3 Å². The van der Waals surface area contributed by atoms with Gasteiger partial charge in [-0.25, -0.2) is 4.39 Å². The van der Waals surface area contributed by atoms with E-state index in [9.17, 15) is 18.8 Å². The third-order valence-corrected chi connectivity index (χ3v) is 7.55. The second kappa shape index (κ2) is 11.1. The topological polar surface area (TPSA) is 97.4 Å². The number of carbonyl (C=O) groups is 3. The monoisotopic (exact) mass is 525 g/mol. The molecular formula is C28H32FN3O6. The van der Waals surface area contributed by atoms with E-state index >= 15 is 0 Å². The SMILES string of the molecule is COc1cccc(C(=O)N2CCC3(CC2)OC[C@@H](C(=O)NC[C@H]2CCCO2)N3C(=O)c2ccc(F)cc2)c1. The van der Waals surface area contributed by atoms with Crippen LogP contribution in [0.1, 0.15) is 46.4 Å². The molecule has 0 aromatic heterocycles. The van der Waals surface area contributed by atoms with E-state index < -0.39 is 23.5 Å². The van der Waals surface area contributed by atoms with Crippen LogP contribution in [0.3, 0.4) is 0 Å². The summed E-state index contributed by atoms with van der Waals surface area (Å²) in [6.45, 7) is 1.76. The number of rotatable bonds is 6. The van der Waals surface area contributed by atoms with Gasteiger partial charge in [-0.2, -0.15) is 0 Å². The Balaban J connectivity index is 1.34. The van der Waals surface area contributed by atoms with Crippen molar-refractivity contribution < 1.29 is 33.0 Å². The summed E-state index contributed by atoms with van der Waals surface area (Å²) >= 11 is 0. The molecule has 1 spiro atoms. The summed E-state index contributed by atoms with van der Waals surface area (Å²) in [5.74, 6) is -0.727. The molecule has 0 radical (unpaired) electrons. The van der Waals surface area contributed by atoms with Gasteiger partial charge in [0.2, 0.25) is 5.91 Å². The van der Waals surface area contributed by atoms with Crippen LogP contribution in [0.15, 0.2) is 48.5 Å². The predicted molar refractivity (Wildman–Crippen MR) is 135 cm³/mol. The quantitative estimate of drug-likeness (QED) is 0.623. The van der Waals surface area contributed by atoms with Crippen LogP contribution in [0.2, 0.25) is 0 Å². The van der Waals surface area contributed by atoms with Gasteiger partial charge in [0.15, 0.2) is 0 Å². The highest BCUT2D eigenvalue weighted by Crippen LogP contribution is 2.39. The highest BCUT2D eigenvalue weighted by molar-refractivity contribution is 5.98. The molecule has 3 amide bonds. The molecular weight excluding hydrogens is 493 g/mol. The zero-order chi connectivity index (χ0) is 26.7. The third kappa shape index (κ3) is 5.23. The first-order valence-corrected chi connectivity index (χ1v) is 13.0. The fourth-order valence-electron chi connectivity index (χ4n) is 5.43. The van der Waals surface area contributed by atoms with E-state index in [2.05, 4.69) is 5.32 Å². The lowest BCUT2D eigenvalue weighted by molar-refractivity contribution is -0.128. The molecule has 2 aromatic carbocycles. The summed E-state index contributed by atoms with van der Waals surface area (Å²) in [4.78, 5) is 43.4. The lowest BCUT2D eigenvalue weighted by atomic mass is 9.96. The van der Waals surface area contributed by atoms with E-state index in [1.807, 2.05) is 0 Å². The molecule has 0 aliphatic carbocycles. The van der Waals surface area contributed by atoms with Crippen molar-refractivity contribution in [2.24, 2.45) is 0 Å². The van der Waals surface area contributed by atoms with E-state index in [0.29, 0.717) is 50.4 Å². The highest BCUT2D eigenvalue weighted by Gasteiger charge is 2.54. The fourth-order valence-corrected chi connectivity index (χ4v) is 5.43. The zero-order valence-electron chi connectivity index (χ0n) is 21.4. The summed E-state index contributed by atoms with van der Waals surface area (Å²) in [7, 11) is 1.55. The van der Waals surface area contributed by atoms with Gasteiger partial charge in [-0.15, -0.1) is 0 Å². The van der Waals surface area contributed by atoms with Crippen LogP contribution in [0.25, 0.3) is 0 Å². The fraction of sp³-hybridized carbons (Fsp3) is 0.464. The molecule has 3 fully saturated rings. The molecule has 3 aliphatic rings. The van der Waals surface area contributed by atoms with Gasteiger partial charge in [-0.3, -0.25) is 19.3 Å². The lowest BCUT2D eigenvalue weighted by Crippen LogP contribution is -2.60. The number of halogens is 1. The Kier molecular flexibility index (Phi) is 7.62. The second-order valence-corrected chi connectivity index (χ2v) is 9.86. The van der Waals surface area contributed by atoms with E-state index in [-0.39, 0.29) is 30.1 Å². The average molecular weight is 526 g/mol. The zero-order valence-corrected chi connectivity index (χ0v) is 21.4. The first-order chi connectivity index (χ1) is 18.4. The van der Waals surface area contributed by atoms with Crippen LogP contribution in [0.5, 0.6) is 5.75 Å². The summed E-state index contributed by atoms with van der Waals surface area (Å²) in [6.07, 6.45) is 2.47. The number of nitrogens with one attached hydrogen (secondary N) is 1. The molecule has 3 saturated heterocycles. The summed E-state index contributed by atoms with van der Waals surface area (Å²) in [5.41, 5.74) is -0.274. The molecule has 2 aromatic rings. The molecule has 0 saturated carbocycles. The maximum atomic E-state index is 13.7. The van der Waals surface area contributed by atoms with Crippen LogP contribution in [-0.4, -0.2) is 85.3 Å². The minimum Gasteiger partial charge on any atom is -0.497 e. The molecule has 38 heavy (non-hydrogen) atoms. The van der Waals surface area contributed by atoms with Gasteiger partial charge in [-0.1, -0.05) is 6.07 Å². The largest absolute Gasteiger partial charge is 0.497 e. The molecule has 2 atom stereocenters. The molecule has 1 N–H and O–H groups in total. The number of hydrogen-bond donors (Lipinski definition) is 1. The van der Waals surface area contributed by atoms with Crippen LogP contribution in [-0.2, 0) is 14.3 Å². The van der Waals surface area contributed by atoms with Gasteiger partial charge in [-0.05, 0) is 55.3 Å². The summed E-state index contributed by atoms with van der Waals surface area (Å²) < 4.78 is 30.6. The van der Waals surface area contributed by atoms with Crippen LogP contribution in [0, 0.1) is 5.82 Å². The number of amides is 3. The summed E-state index contributed by atoms with van der Waals surface area (Å²) in [6, 6.07) is 11.4. The number of piperidine rings is 1. The molecule has 9 nitrogen and oxygen atoms in total. The number of methoxy groups -OCH3 is 1. The molecule has 3 aliphatic heterocycles. The average Bonchev–Trinajstić information content (AvgIpc) is 3.60. The van der Waals surface area contributed by atoms with E-state index in [1.54, 1.807) is 36.3 Å². The van der Waals surface area contributed by atoms with Crippen molar-refractivity contribution >= 4 is 17.7 Å². The minimum atomic E-state index is -1.05. The van der Waals surface area contributed by atoms with Crippen molar-refractivity contribution in [1.82, 2.24) is 15.1 Å². The first kappa shape index (κ1) is 26.1. The lowest BCUT2D eigenvalue weighted by Gasteiger charge is -2.44. The highest BCUT2D eigenvalue weighted by atomic mass is 19.1. The van der Waals surface area contributed by atoms with Crippen LogP contribution in [0.4, 0.5) is 4.39 Å². The molecule has 202 valence electrons. The number of ether oxygens (including phenoxy) is 3. The molecule has 10 heteroatoms. The molecule has 3 heterocycles. The van der Waals surface area contributed by atoms with Crippen molar-refractivity contribution in [2.75, 3.05) is 40.0 Å². The van der Waals surface area contributed by atoms with Gasteiger partial charge < -0.3 is 24.4 Å². The predicted octanol–water partition coefficient (Wildman–Crippen LogP) is 2.60. The van der Waals surface area contributed by atoms with Crippen molar-refractivity contribution in [3.05, 3.63) is 65.5 Å². The minimum absolute atomic E-state index is 0.0358. The first-order valence-electron chi connectivity index (χ1n) is 13.0. The van der Waals surface area contributed by atoms with Gasteiger partial charge in [0.05, 0.1) is 19.8 Å². The van der Waals surface area contributed by atoms with Crippen molar-refractivity contribution in [3.63, 3.8) is 0 Å². The molecule has 0 unspecified atom stereocenters. The van der Waals surface area contributed by atoms with E-state index in [0.717, 1.165) is 12.8 Å². The third-order valence-electron chi connectivity index (χ3n) is 7.55. The Labute approximate surface area is 220 Å². The Morgan fingerprint density at radius 1 is 1.08 bits per heavy atom. The smallest absolute Gasteiger partial charge is 0.256 e. The van der Waals surface area contributed by atoms with Crippen LogP contribution >= 0.6 is 0 Å². The Bertz CT molecular complexity index is 1180. The Morgan fingerprint density at radius 2 is 1.84 bits per heavy atom. The van der Waals surface area contributed by atoms with Crippen LogP contribution < -0.4 is 10.1 Å². The normalized spacial score (nSPS) is 22.5. The maximum Gasteiger partial charge on any atom is 0.256 e. The number of benzene rings is 2. The second-order valence-electron chi connectivity index (χ2n) is 9.86. The Morgan fingerprint density at radius 3 is 2.53 bits per heavy atom. The standard InChI is InChI=1S/C28H32FN3O6/c1-36-22-5-2-4-20(16-22)26(34)31-13-11-28(12-14-31)32(27(35)19-7-9-21(29)10-8-19)24(18-38-28)25(33)30-17-23-6-3-15-37-23/h2,4-5,7-10,16,23-24H,3,6,11-15,17-18H2,1H3,(H,30,33)/t23-,24+/m1/s1. The van der Waals surface area contributed by atoms with Gasteiger partial charge in [0, 0.05) is 50.2 Å². The molecule has 5 rings (SSSR count).